The molecule has 0 aliphatic rings. The van der Waals surface area contributed by atoms with Crippen molar-refractivity contribution in [1.29, 1.82) is 0 Å². The molecule has 1 atom stereocenters. The van der Waals surface area contributed by atoms with Crippen molar-refractivity contribution in [3.8, 4) is 5.75 Å². The first-order chi connectivity index (χ1) is 13.7. The van der Waals surface area contributed by atoms with E-state index in [0.29, 0.717) is 17.9 Å². The lowest BCUT2D eigenvalue weighted by Gasteiger charge is -2.19. The fourth-order valence-electron chi connectivity index (χ4n) is 2.71. The molecule has 0 unspecified atom stereocenters. The number of benzene rings is 2. The van der Waals surface area contributed by atoms with E-state index in [2.05, 4.69) is 10.0 Å². The Morgan fingerprint density at radius 3 is 2.31 bits per heavy atom. The third-order valence-corrected chi connectivity index (χ3v) is 6.75. The summed E-state index contributed by atoms with van der Waals surface area (Å²) >= 11 is 1.45. The number of sulfonamides is 1. The average Bonchev–Trinajstić information content (AvgIpc) is 2.72. The molecule has 0 aromatic heterocycles. The van der Waals surface area contributed by atoms with Crippen LogP contribution in [0.3, 0.4) is 0 Å². The molecule has 0 spiro atoms. The highest BCUT2D eigenvalue weighted by Gasteiger charge is 2.22. The summed E-state index contributed by atoms with van der Waals surface area (Å²) < 4.78 is 34.0. The number of anilines is 1. The van der Waals surface area contributed by atoms with Crippen LogP contribution in [0.25, 0.3) is 0 Å². The van der Waals surface area contributed by atoms with E-state index >= 15 is 0 Å². The molecule has 1 amide bonds. The van der Waals surface area contributed by atoms with Gasteiger partial charge in [-0.3, -0.25) is 4.79 Å². The van der Waals surface area contributed by atoms with Gasteiger partial charge in [0.05, 0.1) is 17.7 Å². The molecule has 2 aromatic rings. The Hall–Kier alpha value is -2.03. The molecule has 0 bridgehead atoms. The van der Waals surface area contributed by atoms with E-state index in [4.69, 9.17) is 4.74 Å². The van der Waals surface area contributed by atoms with Gasteiger partial charge in [0.25, 0.3) is 0 Å². The first-order valence-corrected chi connectivity index (χ1v) is 12.1. The molecule has 2 rings (SSSR count). The van der Waals surface area contributed by atoms with Gasteiger partial charge >= 0.3 is 0 Å². The van der Waals surface area contributed by atoms with Gasteiger partial charge in [0.2, 0.25) is 15.9 Å². The lowest BCUT2D eigenvalue weighted by Crippen LogP contribution is -2.28. The topological polar surface area (TPSA) is 84.5 Å². The van der Waals surface area contributed by atoms with Crippen LogP contribution < -0.4 is 14.8 Å². The zero-order valence-corrected chi connectivity index (χ0v) is 19.0. The molecule has 8 heteroatoms. The normalized spacial score (nSPS) is 12.6. The van der Waals surface area contributed by atoms with E-state index in [0.717, 1.165) is 10.5 Å². The molecule has 0 saturated carbocycles. The number of nitrogens with one attached hydrogen (secondary N) is 2. The minimum Gasteiger partial charge on any atom is -0.497 e. The monoisotopic (exact) mass is 436 g/mol. The van der Waals surface area contributed by atoms with Crippen LogP contribution in [0.1, 0.15) is 38.8 Å². The maximum absolute atomic E-state index is 13.0. The van der Waals surface area contributed by atoms with E-state index in [-0.39, 0.29) is 22.8 Å². The summed E-state index contributed by atoms with van der Waals surface area (Å²) in [5.74, 6) is 0.347. The SMILES string of the molecule is CC[C@H](NS(=O)(=O)c1ccc(SC)c(NC(=O)C(C)C)c1)c1ccc(OC)cc1. The van der Waals surface area contributed by atoms with E-state index in [9.17, 15) is 13.2 Å². The van der Waals surface area contributed by atoms with Crippen molar-refractivity contribution in [3.63, 3.8) is 0 Å². The van der Waals surface area contributed by atoms with Crippen molar-refractivity contribution in [2.75, 3.05) is 18.7 Å². The Bertz CT molecular complexity index is 942. The Balaban J connectivity index is 2.31. The molecule has 0 aliphatic heterocycles. The summed E-state index contributed by atoms with van der Waals surface area (Å²) in [6.07, 6.45) is 2.47. The van der Waals surface area contributed by atoms with E-state index < -0.39 is 10.0 Å². The predicted molar refractivity (Wildman–Crippen MR) is 118 cm³/mol. The minimum absolute atomic E-state index is 0.112. The Kier molecular flexibility index (Phi) is 8.13. The van der Waals surface area contributed by atoms with Crippen LogP contribution >= 0.6 is 11.8 Å². The van der Waals surface area contributed by atoms with Crippen LogP contribution in [-0.2, 0) is 14.8 Å². The van der Waals surface area contributed by atoms with Gasteiger partial charge in [-0.1, -0.05) is 32.9 Å². The number of carbonyl (C=O) groups is 1. The summed E-state index contributed by atoms with van der Waals surface area (Å²) in [4.78, 5) is 13.0. The summed E-state index contributed by atoms with van der Waals surface area (Å²) in [7, 11) is -2.19. The van der Waals surface area contributed by atoms with Gasteiger partial charge in [0.1, 0.15) is 5.75 Å². The van der Waals surface area contributed by atoms with Crippen molar-refractivity contribution in [3.05, 3.63) is 48.0 Å². The highest BCUT2D eigenvalue weighted by molar-refractivity contribution is 7.98. The molecular weight excluding hydrogens is 408 g/mol. The van der Waals surface area contributed by atoms with Crippen LogP contribution in [0.5, 0.6) is 5.75 Å². The molecule has 0 heterocycles. The smallest absolute Gasteiger partial charge is 0.241 e. The molecule has 6 nitrogen and oxygen atoms in total. The Morgan fingerprint density at radius 1 is 1.14 bits per heavy atom. The number of hydrogen-bond acceptors (Lipinski definition) is 5. The number of ether oxygens (including phenoxy) is 1. The zero-order valence-electron chi connectivity index (χ0n) is 17.4. The Morgan fingerprint density at radius 2 is 1.79 bits per heavy atom. The number of thioether (sulfide) groups is 1. The third kappa shape index (κ3) is 5.98. The maximum atomic E-state index is 13.0. The molecule has 158 valence electrons. The van der Waals surface area contributed by atoms with Crippen molar-refractivity contribution < 1.29 is 17.9 Å². The standard InChI is InChI=1S/C21H28N2O4S2/c1-6-18(15-7-9-16(27-4)10-8-15)23-29(25,26)17-11-12-20(28-5)19(13-17)22-21(24)14(2)3/h7-14,18,23H,6H2,1-5H3,(H,22,24)/t18-/m0/s1. The molecule has 0 fully saturated rings. The second-order valence-corrected chi connectivity index (χ2v) is 9.42. The minimum atomic E-state index is -3.78. The number of hydrogen-bond donors (Lipinski definition) is 2. The fourth-order valence-corrected chi connectivity index (χ4v) is 4.58. The Labute approximate surface area is 177 Å². The summed E-state index contributed by atoms with van der Waals surface area (Å²) in [6.45, 7) is 5.50. The van der Waals surface area contributed by atoms with Gasteiger partial charge in [-0.15, -0.1) is 11.8 Å². The number of methoxy groups -OCH3 is 1. The molecule has 2 aromatic carbocycles. The van der Waals surface area contributed by atoms with Crippen molar-refractivity contribution in [2.24, 2.45) is 5.92 Å². The fraction of sp³-hybridized carbons (Fsp3) is 0.381. The average molecular weight is 437 g/mol. The molecule has 0 radical (unpaired) electrons. The van der Waals surface area contributed by atoms with E-state index in [1.54, 1.807) is 45.2 Å². The van der Waals surface area contributed by atoms with Crippen LogP contribution in [0.4, 0.5) is 5.69 Å². The van der Waals surface area contributed by atoms with E-state index in [1.165, 1.54) is 17.8 Å². The molecular formula is C21H28N2O4S2. The lowest BCUT2D eigenvalue weighted by molar-refractivity contribution is -0.118. The number of carbonyl (C=O) groups excluding carboxylic acids is 1. The first-order valence-electron chi connectivity index (χ1n) is 9.37. The molecule has 0 saturated heterocycles. The summed E-state index contributed by atoms with van der Waals surface area (Å²) in [6, 6.07) is 11.7. The van der Waals surface area contributed by atoms with Gasteiger partial charge in [-0.05, 0) is 48.6 Å². The van der Waals surface area contributed by atoms with Crippen LogP contribution in [0, 0.1) is 5.92 Å². The molecule has 2 N–H and O–H groups in total. The molecule has 29 heavy (non-hydrogen) atoms. The third-order valence-electron chi connectivity index (χ3n) is 4.49. The first kappa shape index (κ1) is 23.3. The lowest BCUT2D eigenvalue weighted by atomic mass is 10.1. The van der Waals surface area contributed by atoms with Gasteiger partial charge in [0.15, 0.2) is 0 Å². The maximum Gasteiger partial charge on any atom is 0.241 e. The number of rotatable bonds is 9. The zero-order chi connectivity index (χ0) is 21.6. The second-order valence-electron chi connectivity index (χ2n) is 6.86. The quantitative estimate of drug-likeness (QED) is 0.568. The highest BCUT2D eigenvalue weighted by atomic mass is 32.2. The van der Waals surface area contributed by atoms with Crippen molar-refractivity contribution >= 4 is 33.4 Å². The van der Waals surface area contributed by atoms with Crippen LogP contribution in [-0.4, -0.2) is 27.7 Å². The molecule has 0 aliphatic carbocycles. The van der Waals surface area contributed by atoms with Crippen molar-refractivity contribution in [2.45, 2.75) is 43.0 Å². The summed E-state index contributed by atoms with van der Waals surface area (Å²) in [5.41, 5.74) is 1.35. The second kappa shape index (κ2) is 10.1. The van der Waals surface area contributed by atoms with Gasteiger partial charge < -0.3 is 10.1 Å². The van der Waals surface area contributed by atoms with Crippen molar-refractivity contribution in [1.82, 2.24) is 4.72 Å². The largest absolute Gasteiger partial charge is 0.497 e. The van der Waals surface area contributed by atoms with Crippen LogP contribution in [0.15, 0.2) is 52.3 Å². The van der Waals surface area contributed by atoms with Crippen LogP contribution in [0.2, 0.25) is 0 Å². The van der Waals surface area contributed by atoms with Gasteiger partial charge in [-0.2, -0.15) is 0 Å². The highest BCUT2D eigenvalue weighted by Crippen LogP contribution is 2.30. The summed E-state index contributed by atoms with van der Waals surface area (Å²) in [5, 5.41) is 2.82. The predicted octanol–water partition coefficient (Wildman–Crippen LogP) is 4.44. The van der Waals surface area contributed by atoms with Gasteiger partial charge in [0, 0.05) is 16.9 Å². The number of amides is 1. The van der Waals surface area contributed by atoms with Gasteiger partial charge in [-0.25, -0.2) is 13.1 Å². The van der Waals surface area contributed by atoms with E-state index in [1.807, 2.05) is 25.3 Å².